The molecule has 1 heterocycles. The van der Waals surface area contributed by atoms with Crippen molar-refractivity contribution in [3.63, 3.8) is 0 Å². The van der Waals surface area contributed by atoms with E-state index in [1.165, 1.54) is 0 Å². The lowest BCUT2D eigenvalue weighted by Crippen LogP contribution is -2.22. The van der Waals surface area contributed by atoms with Crippen molar-refractivity contribution in [3.05, 3.63) is 48.4 Å². The minimum Gasteiger partial charge on any atom is -0.437 e. The fraction of sp³-hybridized carbons (Fsp3) is 0.286. The summed E-state index contributed by atoms with van der Waals surface area (Å²) in [4.78, 5) is 8.52. The highest BCUT2D eigenvalue weighted by Crippen LogP contribution is 2.17. The number of nitrogens with zero attached hydrogens (tertiary/aromatic N) is 2. The van der Waals surface area contributed by atoms with Gasteiger partial charge < -0.3 is 10.1 Å². The van der Waals surface area contributed by atoms with E-state index in [1.54, 1.807) is 12.4 Å². The number of hydrogen-bond donors (Lipinski definition) is 1. The first kappa shape index (κ1) is 12.5. The average Bonchev–Trinajstić information content (AvgIpc) is 2.38. The van der Waals surface area contributed by atoms with Gasteiger partial charge in [-0.25, -0.2) is 4.98 Å². The van der Waals surface area contributed by atoms with Gasteiger partial charge in [-0.2, -0.15) is 0 Å². The van der Waals surface area contributed by atoms with Crippen LogP contribution in [0.15, 0.2) is 42.7 Å². The third-order valence-electron chi connectivity index (χ3n) is 2.32. The van der Waals surface area contributed by atoms with E-state index in [0.29, 0.717) is 18.5 Å². The van der Waals surface area contributed by atoms with Crippen molar-refractivity contribution in [3.8, 4) is 11.6 Å². The average molecular weight is 243 g/mol. The number of ether oxygens (including phenoxy) is 1. The standard InChI is InChI=1S/C14H17N3O/c1-11(2)16-9-12-8-15-10-14(17-12)18-13-6-4-3-5-7-13/h3-8,10-11,16H,9H2,1-2H3. The van der Waals surface area contributed by atoms with Crippen molar-refractivity contribution in [2.45, 2.75) is 26.4 Å². The van der Waals surface area contributed by atoms with Crippen molar-refractivity contribution in [1.82, 2.24) is 15.3 Å². The molecule has 0 spiro atoms. The molecule has 4 heteroatoms. The maximum absolute atomic E-state index is 5.62. The summed E-state index contributed by atoms with van der Waals surface area (Å²) in [6.45, 7) is 4.88. The van der Waals surface area contributed by atoms with Crippen molar-refractivity contribution in [2.24, 2.45) is 0 Å². The van der Waals surface area contributed by atoms with Crippen LogP contribution in [0.2, 0.25) is 0 Å². The fourth-order valence-electron chi connectivity index (χ4n) is 1.44. The topological polar surface area (TPSA) is 47.0 Å². The van der Waals surface area contributed by atoms with Gasteiger partial charge >= 0.3 is 0 Å². The second-order valence-corrected chi connectivity index (χ2v) is 4.30. The Kier molecular flexibility index (Phi) is 4.25. The molecule has 0 aliphatic rings. The van der Waals surface area contributed by atoms with E-state index in [2.05, 4.69) is 29.1 Å². The first-order valence-corrected chi connectivity index (χ1v) is 6.01. The number of hydrogen-bond acceptors (Lipinski definition) is 4. The van der Waals surface area contributed by atoms with Crippen LogP contribution in [-0.2, 0) is 6.54 Å². The summed E-state index contributed by atoms with van der Waals surface area (Å²) in [7, 11) is 0. The van der Waals surface area contributed by atoms with E-state index >= 15 is 0 Å². The van der Waals surface area contributed by atoms with Crippen molar-refractivity contribution in [2.75, 3.05) is 0 Å². The second kappa shape index (κ2) is 6.12. The van der Waals surface area contributed by atoms with E-state index in [9.17, 15) is 0 Å². The second-order valence-electron chi connectivity index (χ2n) is 4.30. The first-order valence-electron chi connectivity index (χ1n) is 6.01. The van der Waals surface area contributed by atoms with Gasteiger partial charge in [0.15, 0.2) is 0 Å². The Labute approximate surface area is 107 Å². The number of benzene rings is 1. The van der Waals surface area contributed by atoms with Crippen LogP contribution in [0.25, 0.3) is 0 Å². The zero-order valence-electron chi connectivity index (χ0n) is 10.6. The Morgan fingerprint density at radius 2 is 1.94 bits per heavy atom. The van der Waals surface area contributed by atoms with Gasteiger partial charge in [0, 0.05) is 18.8 Å². The molecule has 94 valence electrons. The summed E-state index contributed by atoms with van der Waals surface area (Å²) in [5.74, 6) is 1.28. The van der Waals surface area contributed by atoms with Gasteiger partial charge in [-0.1, -0.05) is 32.0 Å². The summed E-state index contributed by atoms with van der Waals surface area (Å²) >= 11 is 0. The molecule has 0 fully saturated rings. The summed E-state index contributed by atoms with van der Waals surface area (Å²) < 4.78 is 5.62. The predicted octanol–water partition coefficient (Wildman–Crippen LogP) is 2.77. The van der Waals surface area contributed by atoms with Crippen LogP contribution in [-0.4, -0.2) is 16.0 Å². The minimum absolute atomic E-state index is 0.422. The predicted molar refractivity (Wildman–Crippen MR) is 70.5 cm³/mol. The number of para-hydroxylation sites is 1. The largest absolute Gasteiger partial charge is 0.437 e. The molecule has 0 saturated carbocycles. The lowest BCUT2D eigenvalue weighted by atomic mass is 10.3. The molecule has 1 aromatic heterocycles. The summed E-state index contributed by atoms with van der Waals surface area (Å²) in [6.07, 6.45) is 3.36. The maximum Gasteiger partial charge on any atom is 0.238 e. The quantitative estimate of drug-likeness (QED) is 0.877. The highest BCUT2D eigenvalue weighted by atomic mass is 16.5. The van der Waals surface area contributed by atoms with E-state index in [0.717, 1.165) is 11.4 Å². The normalized spacial score (nSPS) is 10.6. The smallest absolute Gasteiger partial charge is 0.238 e. The van der Waals surface area contributed by atoms with Gasteiger partial charge in [-0.15, -0.1) is 0 Å². The molecule has 0 bridgehead atoms. The van der Waals surface area contributed by atoms with Crippen LogP contribution in [0.5, 0.6) is 11.6 Å². The monoisotopic (exact) mass is 243 g/mol. The molecule has 18 heavy (non-hydrogen) atoms. The van der Waals surface area contributed by atoms with Gasteiger partial charge in [0.1, 0.15) is 5.75 Å². The fourth-order valence-corrected chi connectivity index (χ4v) is 1.44. The van der Waals surface area contributed by atoms with E-state index in [4.69, 9.17) is 4.74 Å². The van der Waals surface area contributed by atoms with Crippen LogP contribution >= 0.6 is 0 Å². The highest BCUT2D eigenvalue weighted by Gasteiger charge is 2.02. The number of rotatable bonds is 5. The van der Waals surface area contributed by atoms with Gasteiger partial charge in [-0.05, 0) is 12.1 Å². The van der Waals surface area contributed by atoms with E-state index in [1.807, 2.05) is 30.3 Å². The van der Waals surface area contributed by atoms with Crippen molar-refractivity contribution < 1.29 is 4.74 Å². The summed E-state index contributed by atoms with van der Waals surface area (Å²) in [5, 5.41) is 3.29. The van der Waals surface area contributed by atoms with Crippen LogP contribution in [0.4, 0.5) is 0 Å². The summed E-state index contributed by atoms with van der Waals surface area (Å²) in [5.41, 5.74) is 0.872. The number of aromatic nitrogens is 2. The summed E-state index contributed by atoms with van der Waals surface area (Å²) in [6, 6.07) is 9.99. The van der Waals surface area contributed by atoms with Crippen molar-refractivity contribution in [1.29, 1.82) is 0 Å². The first-order chi connectivity index (χ1) is 8.74. The molecule has 0 saturated heterocycles. The Morgan fingerprint density at radius 3 is 2.67 bits per heavy atom. The molecule has 0 unspecified atom stereocenters. The van der Waals surface area contributed by atoms with Crippen LogP contribution in [0.1, 0.15) is 19.5 Å². The third kappa shape index (κ3) is 3.82. The molecule has 4 nitrogen and oxygen atoms in total. The minimum atomic E-state index is 0.422. The lowest BCUT2D eigenvalue weighted by Gasteiger charge is -2.08. The molecule has 1 aromatic carbocycles. The van der Waals surface area contributed by atoms with E-state index in [-0.39, 0.29) is 0 Å². The van der Waals surface area contributed by atoms with E-state index < -0.39 is 0 Å². The van der Waals surface area contributed by atoms with Crippen LogP contribution in [0, 0.1) is 0 Å². The molecule has 1 N–H and O–H groups in total. The molecule has 0 amide bonds. The molecule has 2 rings (SSSR count). The molecular weight excluding hydrogens is 226 g/mol. The third-order valence-corrected chi connectivity index (χ3v) is 2.32. The molecule has 2 aromatic rings. The highest BCUT2D eigenvalue weighted by molar-refractivity contribution is 5.25. The Hall–Kier alpha value is -1.94. The number of nitrogens with one attached hydrogen (secondary N) is 1. The maximum atomic E-state index is 5.62. The van der Waals surface area contributed by atoms with Crippen molar-refractivity contribution >= 4 is 0 Å². The van der Waals surface area contributed by atoms with Gasteiger partial charge in [0.05, 0.1) is 11.9 Å². The van der Waals surface area contributed by atoms with Gasteiger partial charge in [0.2, 0.25) is 5.88 Å². The SMILES string of the molecule is CC(C)NCc1cncc(Oc2ccccc2)n1. The zero-order chi connectivity index (χ0) is 12.8. The molecule has 0 aliphatic heterocycles. The Bertz CT molecular complexity index is 485. The van der Waals surface area contributed by atoms with Crippen LogP contribution < -0.4 is 10.1 Å². The van der Waals surface area contributed by atoms with Gasteiger partial charge in [-0.3, -0.25) is 4.98 Å². The molecular formula is C14H17N3O. The Balaban J connectivity index is 2.03. The lowest BCUT2D eigenvalue weighted by molar-refractivity contribution is 0.455. The van der Waals surface area contributed by atoms with Crippen LogP contribution in [0.3, 0.4) is 0 Å². The van der Waals surface area contributed by atoms with Gasteiger partial charge in [0.25, 0.3) is 0 Å². The molecule has 0 atom stereocenters. The zero-order valence-corrected chi connectivity index (χ0v) is 10.6. The molecule has 0 radical (unpaired) electrons. The Morgan fingerprint density at radius 1 is 1.17 bits per heavy atom. The molecule has 0 aliphatic carbocycles.